The van der Waals surface area contributed by atoms with Gasteiger partial charge in [0, 0.05) is 0 Å². The maximum Gasteiger partial charge on any atom is 0.267 e. The highest BCUT2D eigenvalue weighted by atomic mass is 35.5. The van der Waals surface area contributed by atoms with Crippen molar-refractivity contribution in [3.8, 4) is 5.69 Å². The average molecular weight is 483 g/mol. The molecule has 4 N–H and O–H groups in total. The molecule has 0 bridgehead atoms. The number of nitrogens with two attached hydrogens (primary N) is 1. The van der Waals surface area contributed by atoms with Crippen LogP contribution in [0.5, 0.6) is 0 Å². The molecule has 0 aliphatic rings. The predicted octanol–water partition coefficient (Wildman–Crippen LogP) is 4.13. The molecule has 0 saturated carbocycles. The van der Waals surface area contributed by atoms with Crippen LogP contribution in [0.4, 0.5) is 20.5 Å². The van der Waals surface area contributed by atoms with Crippen molar-refractivity contribution in [2.45, 2.75) is 19.4 Å². The monoisotopic (exact) mass is 482 g/mol. The summed E-state index contributed by atoms with van der Waals surface area (Å²) >= 11 is 6.27. The third kappa shape index (κ3) is 3.50. The third-order valence-electron chi connectivity index (χ3n) is 5.36. The van der Waals surface area contributed by atoms with Crippen molar-refractivity contribution in [3.63, 3.8) is 0 Å². The molecule has 0 aliphatic heterocycles. The second-order valence-electron chi connectivity index (χ2n) is 7.45. The van der Waals surface area contributed by atoms with E-state index < -0.39 is 28.9 Å². The Bertz CT molecular complexity index is 1600. The molecular formula is C22H17ClF2N8O. The summed E-state index contributed by atoms with van der Waals surface area (Å²) in [5.41, 5.74) is 5.66. The lowest BCUT2D eigenvalue weighted by molar-refractivity contribution is 0.553. The number of imidazole rings is 1. The normalized spacial score (nSPS) is 12.4. The molecule has 0 aliphatic carbocycles. The molecule has 12 heteroatoms. The number of aromatic nitrogens is 6. The highest BCUT2D eigenvalue weighted by molar-refractivity contribution is 6.35. The molecule has 0 radical (unpaired) electrons. The summed E-state index contributed by atoms with van der Waals surface area (Å²) in [4.78, 5) is 33.5. The molecule has 3 aromatic heterocycles. The smallest absolute Gasteiger partial charge is 0.267 e. The van der Waals surface area contributed by atoms with Gasteiger partial charge in [-0.15, -0.1) is 0 Å². The van der Waals surface area contributed by atoms with E-state index in [1.54, 1.807) is 12.1 Å². The van der Waals surface area contributed by atoms with Crippen molar-refractivity contribution in [3.05, 3.63) is 75.6 Å². The maximum absolute atomic E-state index is 14.9. The van der Waals surface area contributed by atoms with Gasteiger partial charge in [-0.3, -0.25) is 9.36 Å². The number of nitrogens with zero attached hydrogens (tertiary/aromatic N) is 5. The third-order valence-corrected chi connectivity index (χ3v) is 5.68. The average Bonchev–Trinajstić information content (AvgIpc) is 3.27. The summed E-state index contributed by atoms with van der Waals surface area (Å²) in [6.07, 6.45) is 1.80. The van der Waals surface area contributed by atoms with Crippen molar-refractivity contribution in [1.29, 1.82) is 0 Å². The fourth-order valence-corrected chi connectivity index (χ4v) is 4.08. The van der Waals surface area contributed by atoms with Crippen LogP contribution in [0, 0.1) is 11.6 Å². The number of halogens is 3. The van der Waals surface area contributed by atoms with Gasteiger partial charge in [-0.05, 0) is 30.7 Å². The second kappa shape index (κ2) is 8.34. The Morgan fingerprint density at radius 3 is 2.62 bits per heavy atom. The van der Waals surface area contributed by atoms with Gasteiger partial charge in [0.15, 0.2) is 11.5 Å². The fourth-order valence-electron chi connectivity index (χ4n) is 3.83. The second-order valence-corrected chi connectivity index (χ2v) is 7.86. The number of aromatic amines is 1. The number of H-pyrrole nitrogens is 1. The first kappa shape index (κ1) is 21.7. The Balaban J connectivity index is 1.79. The first-order valence-corrected chi connectivity index (χ1v) is 10.7. The van der Waals surface area contributed by atoms with Gasteiger partial charge >= 0.3 is 0 Å². The van der Waals surface area contributed by atoms with Crippen LogP contribution in [0.1, 0.15) is 25.2 Å². The molecule has 5 rings (SSSR count). The molecule has 0 spiro atoms. The minimum Gasteiger partial charge on any atom is -0.368 e. The molecule has 1 unspecified atom stereocenters. The van der Waals surface area contributed by atoms with E-state index in [4.69, 9.17) is 17.3 Å². The molecule has 2 aromatic carbocycles. The quantitative estimate of drug-likeness (QED) is 0.343. The summed E-state index contributed by atoms with van der Waals surface area (Å²) in [6.45, 7) is 1.82. The van der Waals surface area contributed by atoms with Crippen molar-refractivity contribution in [2.75, 3.05) is 11.1 Å². The van der Waals surface area contributed by atoms with Gasteiger partial charge in [-0.25, -0.2) is 18.7 Å². The summed E-state index contributed by atoms with van der Waals surface area (Å²) in [7, 11) is 0. The standard InChI is InChI=1S/C22H17ClF2N8O/c1-2-13(29-19-16-18(28-9-27-16)31-22(26)32-19)20-30-14-8-3-5-10(23)15(14)21(34)33(20)17-11(24)6-4-7-12(17)25/h3-9,13H,2H2,1H3,(H4,26,27,28,29,31,32). The van der Waals surface area contributed by atoms with E-state index in [1.165, 1.54) is 18.5 Å². The van der Waals surface area contributed by atoms with Gasteiger partial charge < -0.3 is 16.0 Å². The Hall–Kier alpha value is -4.12. The molecule has 0 fully saturated rings. The topological polar surface area (TPSA) is 127 Å². The molecule has 9 nitrogen and oxygen atoms in total. The van der Waals surface area contributed by atoms with Crippen LogP contribution >= 0.6 is 11.6 Å². The summed E-state index contributed by atoms with van der Waals surface area (Å²) in [5.74, 6) is -1.52. The van der Waals surface area contributed by atoms with E-state index in [-0.39, 0.29) is 33.5 Å². The van der Waals surface area contributed by atoms with Crippen molar-refractivity contribution >= 4 is 45.4 Å². The number of nitrogens with one attached hydrogen (secondary N) is 2. The van der Waals surface area contributed by atoms with Gasteiger partial charge in [0.1, 0.15) is 28.7 Å². The number of nitrogen functional groups attached to an aromatic ring is 1. The van der Waals surface area contributed by atoms with Gasteiger partial charge in [0.25, 0.3) is 5.56 Å². The molecule has 3 heterocycles. The number of fused-ring (bicyclic) bond motifs is 2. The summed E-state index contributed by atoms with van der Waals surface area (Å²) in [5, 5.41) is 3.32. The lowest BCUT2D eigenvalue weighted by Gasteiger charge is -2.23. The minimum absolute atomic E-state index is 0.00936. The lowest BCUT2D eigenvalue weighted by atomic mass is 10.1. The molecule has 0 amide bonds. The van der Waals surface area contributed by atoms with Gasteiger partial charge in [-0.1, -0.05) is 30.7 Å². The Kier molecular flexibility index (Phi) is 5.33. The fraction of sp³-hybridized carbons (Fsp3) is 0.136. The van der Waals surface area contributed by atoms with Crippen molar-refractivity contribution < 1.29 is 8.78 Å². The number of hydrogen-bond donors (Lipinski definition) is 3. The van der Waals surface area contributed by atoms with Crippen molar-refractivity contribution in [2.24, 2.45) is 0 Å². The zero-order chi connectivity index (χ0) is 24.0. The molecule has 5 aromatic rings. The molecule has 0 saturated heterocycles. The number of anilines is 2. The maximum atomic E-state index is 14.9. The van der Waals surface area contributed by atoms with Crippen LogP contribution < -0.4 is 16.6 Å². The molecule has 34 heavy (non-hydrogen) atoms. The summed E-state index contributed by atoms with van der Waals surface area (Å²) < 4.78 is 30.7. The van der Waals surface area contributed by atoms with Gasteiger partial charge in [0.05, 0.1) is 28.3 Å². The molecule has 172 valence electrons. The minimum atomic E-state index is -0.924. The van der Waals surface area contributed by atoms with Gasteiger partial charge in [-0.2, -0.15) is 9.97 Å². The lowest BCUT2D eigenvalue weighted by Crippen LogP contribution is -2.30. The van der Waals surface area contributed by atoms with E-state index >= 15 is 0 Å². The zero-order valence-electron chi connectivity index (χ0n) is 17.7. The van der Waals surface area contributed by atoms with E-state index in [2.05, 4.69) is 30.2 Å². The first-order valence-electron chi connectivity index (χ1n) is 10.3. The Labute approximate surface area is 195 Å². The first-order chi connectivity index (χ1) is 16.4. The van der Waals surface area contributed by atoms with Gasteiger partial charge in [0.2, 0.25) is 5.95 Å². The van der Waals surface area contributed by atoms with Crippen LogP contribution in [0.2, 0.25) is 5.02 Å². The largest absolute Gasteiger partial charge is 0.368 e. The summed E-state index contributed by atoms with van der Waals surface area (Å²) in [6, 6.07) is 7.40. The Morgan fingerprint density at radius 2 is 1.88 bits per heavy atom. The van der Waals surface area contributed by atoms with Crippen LogP contribution in [-0.4, -0.2) is 29.5 Å². The van der Waals surface area contributed by atoms with E-state index in [9.17, 15) is 13.6 Å². The van der Waals surface area contributed by atoms with E-state index in [0.29, 0.717) is 17.6 Å². The van der Waals surface area contributed by atoms with Crippen LogP contribution in [-0.2, 0) is 0 Å². The van der Waals surface area contributed by atoms with Crippen LogP contribution in [0.25, 0.3) is 27.8 Å². The van der Waals surface area contributed by atoms with E-state index in [0.717, 1.165) is 16.7 Å². The molecule has 1 atom stereocenters. The number of hydrogen-bond acceptors (Lipinski definition) is 7. The predicted molar refractivity (Wildman–Crippen MR) is 125 cm³/mol. The highest BCUT2D eigenvalue weighted by Crippen LogP contribution is 2.29. The number of benzene rings is 2. The van der Waals surface area contributed by atoms with Crippen molar-refractivity contribution in [1.82, 2.24) is 29.5 Å². The highest BCUT2D eigenvalue weighted by Gasteiger charge is 2.26. The van der Waals surface area contributed by atoms with Crippen LogP contribution in [0.3, 0.4) is 0 Å². The Morgan fingerprint density at radius 1 is 1.15 bits per heavy atom. The zero-order valence-corrected chi connectivity index (χ0v) is 18.4. The molecular weight excluding hydrogens is 466 g/mol. The SMILES string of the molecule is CCC(Nc1nc(N)nc2[nH]cnc12)c1nc2cccc(Cl)c2c(=O)n1-c1c(F)cccc1F. The van der Waals surface area contributed by atoms with Crippen LogP contribution in [0.15, 0.2) is 47.5 Å². The number of rotatable bonds is 5. The number of para-hydroxylation sites is 1. The van der Waals surface area contributed by atoms with E-state index in [1.807, 2.05) is 6.92 Å².